The summed E-state index contributed by atoms with van der Waals surface area (Å²) in [5.41, 5.74) is -0.273. The lowest BCUT2D eigenvalue weighted by molar-refractivity contribution is -0.00950. The van der Waals surface area contributed by atoms with E-state index in [9.17, 15) is 30.4 Å². The molecule has 0 unspecified atom stereocenters. The third-order valence-corrected chi connectivity index (χ3v) is 5.21. The quantitative estimate of drug-likeness (QED) is 0.409. The Hall–Kier alpha value is -2.57. The van der Waals surface area contributed by atoms with Crippen LogP contribution in [0.2, 0.25) is 0 Å². The number of carbonyl (C=O) groups is 1. The summed E-state index contributed by atoms with van der Waals surface area (Å²) in [5, 5.41) is -4.66. The summed E-state index contributed by atoms with van der Waals surface area (Å²) in [4.78, 5) is 11.5. The number of hydrogen-bond acceptors (Lipinski definition) is 7. The van der Waals surface area contributed by atoms with E-state index in [1.807, 2.05) is 0 Å². The molecule has 1 N–H and O–H groups in total. The molecule has 0 bridgehead atoms. The van der Waals surface area contributed by atoms with Crippen LogP contribution >= 0.6 is 0 Å². The van der Waals surface area contributed by atoms with Crippen molar-refractivity contribution in [1.82, 2.24) is 0 Å². The number of hydrogen-bond donors (Lipinski definition) is 1. The number of carbonyl (C=O) groups excluding carboxylic acids is 1. The van der Waals surface area contributed by atoms with Crippen molar-refractivity contribution >= 4 is 26.2 Å². The van der Waals surface area contributed by atoms with E-state index < -0.39 is 38.1 Å². The first-order valence-corrected chi connectivity index (χ1v) is 9.89. The fraction of sp³-hybridized carbons (Fsp3) is 0.133. The van der Waals surface area contributed by atoms with Crippen LogP contribution in [0.5, 0.6) is 5.75 Å². The molecule has 0 saturated carbocycles. The van der Waals surface area contributed by atoms with E-state index in [-0.39, 0.29) is 16.2 Å². The van der Waals surface area contributed by atoms with E-state index in [4.69, 9.17) is 8.74 Å². The topological polar surface area (TPSA) is 124 Å². The van der Waals surface area contributed by atoms with Crippen molar-refractivity contribution in [3.8, 4) is 5.75 Å². The van der Waals surface area contributed by atoms with E-state index in [1.54, 1.807) is 6.07 Å². The maximum atomic E-state index is 13.0. The predicted octanol–water partition coefficient (Wildman–Crippen LogP) is 2.09. The second-order valence-corrected chi connectivity index (χ2v) is 8.16. The van der Waals surface area contributed by atoms with Crippen LogP contribution in [-0.2, 0) is 25.0 Å². The molecule has 0 aliphatic carbocycles. The van der Waals surface area contributed by atoms with Gasteiger partial charge >= 0.3 is 31.5 Å². The van der Waals surface area contributed by atoms with Crippen molar-refractivity contribution in [2.75, 3.05) is 6.61 Å². The van der Waals surface area contributed by atoms with Crippen molar-refractivity contribution in [3.05, 3.63) is 60.2 Å². The standard InChI is InChI=1S/C15H12F2O8S2/c16-15(17,27(21,22)23)10-24-14(18)11-6-8-12(9-7-11)25-26(19,20)13-4-2-1-3-5-13/h1-9H,10H2,(H,21,22,23). The maximum absolute atomic E-state index is 13.0. The van der Waals surface area contributed by atoms with Crippen LogP contribution in [0, 0.1) is 0 Å². The molecular formula is C15H12F2O8S2. The van der Waals surface area contributed by atoms with Gasteiger partial charge in [0.15, 0.2) is 6.61 Å². The third-order valence-electron chi connectivity index (χ3n) is 3.08. The zero-order valence-corrected chi connectivity index (χ0v) is 14.9. The van der Waals surface area contributed by atoms with E-state index in [1.165, 1.54) is 24.3 Å². The van der Waals surface area contributed by atoms with Crippen LogP contribution in [0.25, 0.3) is 0 Å². The smallest absolute Gasteiger partial charge is 0.402 e. The third kappa shape index (κ3) is 5.21. The number of benzene rings is 2. The predicted molar refractivity (Wildman–Crippen MR) is 87.5 cm³/mol. The zero-order valence-electron chi connectivity index (χ0n) is 13.3. The van der Waals surface area contributed by atoms with E-state index >= 15 is 0 Å². The molecule has 0 aromatic heterocycles. The Morgan fingerprint density at radius 1 is 0.963 bits per heavy atom. The molecule has 8 nitrogen and oxygen atoms in total. The second kappa shape index (κ2) is 7.58. The fourth-order valence-corrected chi connectivity index (χ4v) is 2.87. The summed E-state index contributed by atoms with van der Waals surface area (Å²) >= 11 is 0. The molecule has 0 heterocycles. The van der Waals surface area contributed by atoms with Crippen LogP contribution in [0.15, 0.2) is 59.5 Å². The molecule has 0 fully saturated rings. The van der Waals surface area contributed by atoms with Crippen LogP contribution < -0.4 is 4.18 Å². The van der Waals surface area contributed by atoms with Gasteiger partial charge in [-0.3, -0.25) is 4.55 Å². The van der Waals surface area contributed by atoms with Crippen molar-refractivity contribution in [3.63, 3.8) is 0 Å². The lowest BCUT2D eigenvalue weighted by Crippen LogP contribution is -2.34. The van der Waals surface area contributed by atoms with Crippen molar-refractivity contribution in [1.29, 1.82) is 0 Å². The highest BCUT2D eigenvalue weighted by Crippen LogP contribution is 2.22. The molecule has 146 valence electrons. The van der Waals surface area contributed by atoms with Gasteiger partial charge < -0.3 is 8.92 Å². The Morgan fingerprint density at radius 3 is 2.04 bits per heavy atom. The molecule has 0 radical (unpaired) electrons. The van der Waals surface area contributed by atoms with Crippen molar-refractivity contribution in [2.45, 2.75) is 10.2 Å². The lowest BCUT2D eigenvalue weighted by Gasteiger charge is -2.13. The van der Waals surface area contributed by atoms with E-state index in [2.05, 4.69) is 4.74 Å². The molecule has 0 spiro atoms. The molecule has 2 rings (SSSR count). The van der Waals surface area contributed by atoms with Crippen molar-refractivity contribution in [2.24, 2.45) is 0 Å². The molecule has 0 aliphatic heterocycles. The van der Waals surface area contributed by atoms with Gasteiger partial charge in [-0.2, -0.15) is 25.6 Å². The summed E-state index contributed by atoms with van der Waals surface area (Å²) < 4.78 is 88.3. The minimum absolute atomic E-state index is 0.0964. The summed E-state index contributed by atoms with van der Waals surface area (Å²) in [6, 6.07) is 11.5. The molecule has 0 amide bonds. The Balaban J connectivity index is 2.06. The molecule has 0 aliphatic rings. The molecule has 27 heavy (non-hydrogen) atoms. The summed E-state index contributed by atoms with van der Waals surface area (Å²) in [6.45, 7) is -1.88. The maximum Gasteiger partial charge on any atom is 0.402 e. The Morgan fingerprint density at radius 2 is 1.52 bits per heavy atom. The van der Waals surface area contributed by atoms with Gasteiger partial charge in [-0.1, -0.05) is 18.2 Å². The Kier molecular flexibility index (Phi) is 5.82. The number of alkyl halides is 2. The summed E-state index contributed by atoms with van der Waals surface area (Å²) in [7, 11) is -9.83. The SMILES string of the molecule is O=C(OCC(F)(F)S(=O)(=O)O)c1ccc(OS(=O)(=O)c2ccccc2)cc1. The molecular weight excluding hydrogens is 410 g/mol. The summed E-state index contributed by atoms with van der Waals surface area (Å²) in [6.07, 6.45) is 0. The minimum Gasteiger partial charge on any atom is -0.454 e. The first kappa shape index (κ1) is 20.7. The Bertz CT molecular complexity index is 1020. The van der Waals surface area contributed by atoms with Gasteiger partial charge in [0.2, 0.25) is 0 Å². The van der Waals surface area contributed by atoms with Crippen molar-refractivity contribution < 1.29 is 43.9 Å². The number of ether oxygens (including phenoxy) is 1. The van der Waals surface area contributed by atoms with Crippen LogP contribution in [0.4, 0.5) is 8.78 Å². The van der Waals surface area contributed by atoms with Gasteiger partial charge in [-0.15, -0.1) is 0 Å². The largest absolute Gasteiger partial charge is 0.454 e. The Labute approximate surface area is 153 Å². The van der Waals surface area contributed by atoms with Gasteiger partial charge in [-0.05, 0) is 36.4 Å². The highest BCUT2D eigenvalue weighted by Gasteiger charge is 2.45. The number of halogens is 2. The van der Waals surface area contributed by atoms with Crippen LogP contribution in [-0.4, -0.2) is 39.2 Å². The highest BCUT2D eigenvalue weighted by atomic mass is 32.2. The molecule has 0 atom stereocenters. The van der Waals surface area contributed by atoms with Crippen LogP contribution in [0.1, 0.15) is 10.4 Å². The summed E-state index contributed by atoms with van der Waals surface area (Å²) in [5.74, 6) is -1.46. The normalized spacial score (nSPS) is 12.4. The molecule has 0 saturated heterocycles. The second-order valence-electron chi connectivity index (χ2n) is 5.06. The first-order valence-electron chi connectivity index (χ1n) is 7.04. The molecule has 12 heteroatoms. The van der Waals surface area contributed by atoms with Crippen LogP contribution in [0.3, 0.4) is 0 Å². The van der Waals surface area contributed by atoms with Gasteiger partial charge in [0.05, 0.1) is 5.56 Å². The highest BCUT2D eigenvalue weighted by molar-refractivity contribution is 7.87. The number of esters is 1. The fourth-order valence-electron chi connectivity index (χ4n) is 1.72. The van der Waals surface area contributed by atoms with Gasteiger partial charge in [-0.25, -0.2) is 4.79 Å². The monoisotopic (exact) mass is 422 g/mol. The van der Waals surface area contributed by atoms with E-state index in [0.717, 1.165) is 24.3 Å². The van der Waals surface area contributed by atoms with Gasteiger partial charge in [0.25, 0.3) is 0 Å². The van der Waals surface area contributed by atoms with Gasteiger partial charge in [0.1, 0.15) is 10.6 Å². The molecule has 2 aromatic carbocycles. The van der Waals surface area contributed by atoms with E-state index in [0.29, 0.717) is 0 Å². The first-order chi connectivity index (χ1) is 12.4. The van der Waals surface area contributed by atoms with Gasteiger partial charge in [0, 0.05) is 0 Å². The minimum atomic E-state index is -5.73. The molecule has 2 aromatic rings. The lowest BCUT2D eigenvalue weighted by atomic mass is 10.2. The zero-order chi connectivity index (χ0) is 20.3. The average Bonchev–Trinajstić information content (AvgIpc) is 2.60. The average molecular weight is 422 g/mol. The number of rotatable bonds is 7.